The molecule has 0 bridgehead atoms. The molecule has 0 unspecified atom stereocenters. The maximum Gasteiger partial charge on any atom is 0.412 e. The molecule has 0 aliphatic heterocycles. The lowest BCUT2D eigenvalue weighted by molar-refractivity contribution is 0.0636. The van der Waals surface area contributed by atoms with Crippen LogP contribution in [0.4, 0.5) is 16.2 Å². The molecule has 0 aliphatic rings. The molecule has 1 amide bonds. The Kier molecular flexibility index (Phi) is 5.64. The van der Waals surface area contributed by atoms with Crippen LogP contribution in [0.2, 0.25) is 0 Å². The summed E-state index contributed by atoms with van der Waals surface area (Å²) in [6.45, 7) is 13.1. The van der Waals surface area contributed by atoms with Gasteiger partial charge in [-0.1, -0.05) is 20.8 Å². The predicted octanol–water partition coefficient (Wildman–Crippen LogP) is 4.88. The summed E-state index contributed by atoms with van der Waals surface area (Å²) in [5, 5.41) is 6.09. The molecule has 1 rings (SSSR count). The van der Waals surface area contributed by atoms with Crippen LogP contribution in [0.3, 0.4) is 0 Å². The Bertz CT molecular complexity index is 453. The van der Waals surface area contributed by atoms with E-state index in [1.54, 1.807) is 0 Å². The first-order valence-electron chi connectivity index (χ1n) is 7.39. The number of ether oxygens (including phenoxy) is 1. The van der Waals surface area contributed by atoms with Crippen LogP contribution in [0, 0.1) is 5.41 Å². The Morgan fingerprint density at radius 2 is 1.52 bits per heavy atom. The Morgan fingerprint density at radius 1 is 1.00 bits per heavy atom. The highest BCUT2D eigenvalue weighted by Gasteiger charge is 2.16. The van der Waals surface area contributed by atoms with Gasteiger partial charge in [0.15, 0.2) is 0 Å². The average Bonchev–Trinajstić information content (AvgIpc) is 2.27. The minimum absolute atomic E-state index is 0.325. The third-order valence-corrected chi connectivity index (χ3v) is 2.73. The maximum absolute atomic E-state index is 11.6. The summed E-state index contributed by atoms with van der Waals surface area (Å²) in [5.74, 6) is 0. The first-order valence-corrected chi connectivity index (χ1v) is 7.39. The van der Waals surface area contributed by atoms with E-state index in [1.807, 2.05) is 45.0 Å². The summed E-state index contributed by atoms with van der Waals surface area (Å²) >= 11 is 0. The van der Waals surface area contributed by atoms with Gasteiger partial charge >= 0.3 is 6.09 Å². The number of hydrogen-bond acceptors (Lipinski definition) is 3. The van der Waals surface area contributed by atoms with Crippen LogP contribution in [0.15, 0.2) is 24.3 Å². The van der Waals surface area contributed by atoms with E-state index in [-0.39, 0.29) is 0 Å². The first kappa shape index (κ1) is 17.3. The van der Waals surface area contributed by atoms with Crippen molar-refractivity contribution in [3.63, 3.8) is 0 Å². The van der Waals surface area contributed by atoms with Gasteiger partial charge in [0.25, 0.3) is 0 Å². The summed E-state index contributed by atoms with van der Waals surface area (Å²) in [6, 6.07) is 7.64. The molecule has 1 aromatic rings. The number of hydrogen-bond donors (Lipinski definition) is 2. The predicted molar refractivity (Wildman–Crippen MR) is 88.9 cm³/mol. The van der Waals surface area contributed by atoms with Crippen LogP contribution < -0.4 is 10.6 Å². The van der Waals surface area contributed by atoms with Gasteiger partial charge in [0.2, 0.25) is 0 Å². The third-order valence-electron chi connectivity index (χ3n) is 2.73. The number of benzene rings is 1. The van der Waals surface area contributed by atoms with E-state index < -0.39 is 11.7 Å². The number of carbonyl (C=O) groups is 1. The van der Waals surface area contributed by atoms with E-state index in [1.165, 1.54) is 0 Å². The lowest BCUT2D eigenvalue weighted by Gasteiger charge is -2.20. The van der Waals surface area contributed by atoms with E-state index in [2.05, 4.69) is 31.4 Å². The lowest BCUT2D eigenvalue weighted by Crippen LogP contribution is -2.27. The van der Waals surface area contributed by atoms with Crippen LogP contribution in [-0.4, -0.2) is 18.2 Å². The van der Waals surface area contributed by atoms with Gasteiger partial charge < -0.3 is 10.1 Å². The van der Waals surface area contributed by atoms with Gasteiger partial charge in [0.05, 0.1) is 0 Å². The fourth-order valence-electron chi connectivity index (χ4n) is 1.67. The van der Waals surface area contributed by atoms with Gasteiger partial charge in [-0.05, 0) is 56.9 Å². The van der Waals surface area contributed by atoms with Crippen molar-refractivity contribution in [2.24, 2.45) is 5.41 Å². The molecule has 0 saturated heterocycles. The Hall–Kier alpha value is -1.71. The first-order chi connectivity index (χ1) is 9.55. The smallest absolute Gasteiger partial charge is 0.412 e. The van der Waals surface area contributed by atoms with Crippen LogP contribution in [-0.2, 0) is 4.74 Å². The summed E-state index contributed by atoms with van der Waals surface area (Å²) in [7, 11) is 0. The quantitative estimate of drug-likeness (QED) is 0.831. The Morgan fingerprint density at radius 3 is 2.00 bits per heavy atom. The van der Waals surface area contributed by atoms with Gasteiger partial charge in [0.1, 0.15) is 5.60 Å². The normalized spacial score (nSPS) is 11.9. The van der Waals surface area contributed by atoms with Crippen molar-refractivity contribution in [2.45, 2.75) is 53.6 Å². The molecule has 0 saturated carbocycles. The minimum Gasteiger partial charge on any atom is -0.444 e. The molecule has 2 N–H and O–H groups in total. The lowest BCUT2D eigenvalue weighted by atomic mass is 9.92. The number of nitrogens with one attached hydrogen (secondary N) is 2. The van der Waals surface area contributed by atoms with Crippen molar-refractivity contribution >= 4 is 17.5 Å². The number of amides is 1. The van der Waals surface area contributed by atoms with Gasteiger partial charge in [-0.15, -0.1) is 0 Å². The molecular weight excluding hydrogens is 264 g/mol. The van der Waals surface area contributed by atoms with Crippen molar-refractivity contribution in [1.82, 2.24) is 0 Å². The van der Waals surface area contributed by atoms with E-state index in [0.29, 0.717) is 5.41 Å². The molecule has 0 radical (unpaired) electrons. The molecular formula is C17H28N2O2. The molecule has 0 heterocycles. The van der Waals surface area contributed by atoms with Crippen molar-refractivity contribution in [3.8, 4) is 0 Å². The molecule has 1 aromatic carbocycles. The second-order valence-electron chi connectivity index (χ2n) is 7.44. The summed E-state index contributed by atoms with van der Waals surface area (Å²) in [4.78, 5) is 11.6. The fraction of sp³-hybridized carbons (Fsp3) is 0.588. The van der Waals surface area contributed by atoms with Crippen LogP contribution in [0.1, 0.15) is 48.0 Å². The highest BCUT2D eigenvalue weighted by molar-refractivity contribution is 5.85. The molecule has 0 aliphatic carbocycles. The molecule has 118 valence electrons. The van der Waals surface area contributed by atoms with Gasteiger partial charge in [-0.25, -0.2) is 4.79 Å². The van der Waals surface area contributed by atoms with Crippen molar-refractivity contribution in [1.29, 1.82) is 0 Å². The van der Waals surface area contributed by atoms with Crippen LogP contribution >= 0.6 is 0 Å². The van der Waals surface area contributed by atoms with Gasteiger partial charge in [-0.2, -0.15) is 0 Å². The maximum atomic E-state index is 11.6. The van der Waals surface area contributed by atoms with E-state index in [0.717, 1.165) is 24.3 Å². The zero-order valence-corrected chi connectivity index (χ0v) is 14.0. The number of anilines is 2. The van der Waals surface area contributed by atoms with Crippen molar-refractivity contribution in [2.75, 3.05) is 17.2 Å². The summed E-state index contributed by atoms with van der Waals surface area (Å²) in [5.41, 5.74) is 1.61. The van der Waals surface area contributed by atoms with Crippen molar-refractivity contribution in [3.05, 3.63) is 24.3 Å². The molecule has 0 aromatic heterocycles. The molecule has 0 fully saturated rings. The van der Waals surface area contributed by atoms with E-state index in [9.17, 15) is 4.79 Å². The third kappa shape index (κ3) is 8.23. The molecule has 4 nitrogen and oxygen atoms in total. The fourth-order valence-corrected chi connectivity index (χ4v) is 1.67. The Labute approximate surface area is 128 Å². The second kappa shape index (κ2) is 6.83. The largest absolute Gasteiger partial charge is 0.444 e. The van der Waals surface area contributed by atoms with Crippen molar-refractivity contribution < 1.29 is 9.53 Å². The monoisotopic (exact) mass is 292 g/mol. The Balaban J connectivity index is 2.45. The summed E-state index contributed by atoms with van der Waals surface area (Å²) in [6.07, 6.45) is 0.668. The number of rotatable bonds is 4. The molecule has 21 heavy (non-hydrogen) atoms. The minimum atomic E-state index is -0.488. The highest BCUT2D eigenvalue weighted by Crippen LogP contribution is 2.19. The standard InChI is InChI=1S/C17H28N2O2/c1-16(2,3)11-12-18-13-7-9-14(10-8-13)19-15(20)21-17(4,5)6/h7-10,18H,11-12H2,1-6H3,(H,19,20). The molecule has 0 atom stereocenters. The molecule has 0 spiro atoms. The average molecular weight is 292 g/mol. The molecule has 4 heteroatoms. The zero-order chi connectivity index (χ0) is 16.1. The summed E-state index contributed by atoms with van der Waals surface area (Å²) < 4.78 is 5.21. The van der Waals surface area contributed by atoms with E-state index >= 15 is 0 Å². The highest BCUT2D eigenvalue weighted by atomic mass is 16.6. The van der Waals surface area contributed by atoms with E-state index in [4.69, 9.17) is 4.74 Å². The number of carbonyl (C=O) groups excluding carboxylic acids is 1. The van der Waals surface area contributed by atoms with Gasteiger partial charge in [-0.3, -0.25) is 5.32 Å². The SMILES string of the molecule is CC(C)(C)CCNc1ccc(NC(=O)OC(C)(C)C)cc1. The zero-order valence-electron chi connectivity index (χ0n) is 14.0. The van der Waals surface area contributed by atoms with Crippen LogP contribution in [0.5, 0.6) is 0 Å². The van der Waals surface area contributed by atoms with Gasteiger partial charge in [0, 0.05) is 17.9 Å². The van der Waals surface area contributed by atoms with Crippen LogP contribution in [0.25, 0.3) is 0 Å². The second-order valence-corrected chi connectivity index (χ2v) is 7.44. The topological polar surface area (TPSA) is 50.4 Å².